The summed E-state index contributed by atoms with van der Waals surface area (Å²) in [6.45, 7) is 5.77. The van der Waals surface area contributed by atoms with Gasteiger partial charge in [-0.25, -0.2) is 4.79 Å². The minimum absolute atomic E-state index is 0.0617. The van der Waals surface area contributed by atoms with Crippen LogP contribution in [0.15, 0.2) is 53.0 Å². The predicted octanol–water partition coefficient (Wildman–Crippen LogP) is 4.85. The van der Waals surface area contributed by atoms with Gasteiger partial charge in [-0.3, -0.25) is 9.69 Å². The molecule has 8 heteroatoms. The first kappa shape index (κ1) is 24.6. The van der Waals surface area contributed by atoms with Crippen molar-refractivity contribution in [3.05, 3.63) is 69.2 Å². The highest BCUT2D eigenvalue weighted by Crippen LogP contribution is 2.31. The van der Waals surface area contributed by atoms with Crippen molar-refractivity contribution in [1.82, 2.24) is 10.2 Å². The van der Waals surface area contributed by atoms with E-state index in [-0.39, 0.29) is 12.5 Å². The van der Waals surface area contributed by atoms with Crippen molar-refractivity contribution in [3.63, 3.8) is 0 Å². The van der Waals surface area contributed by atoms with Gasteiger partial charge >= 0.3 is 6.09 Å². The summed E-state index contributed by atoms with van der Waals surface area (Å²) in [6, 6.07) is 13.5. The van der Waals surface area contributed by atoms with Gasteiger partial charge in [0.2, 0.25) is 5.91 Å². The molecule has 0 aliphatic carbocycles. The molecule has 1 aliphatic rings. The lowest BCUT2D eigenvalue weighted by Gasteiger charge is -2.32. The molecular formula is C24H28BrClN2O4. The largest absolute Gasteiger partial charge is 0.444 e. The van der Waals surface area contributed by atoms with Crippen LogP contribution in [0, 0.1) is 0 Å². The van der Waals surface area contributed by atoms with Crippen LogP contribution >= 0.6 is 27.5 Å². The summed E-state index contributed by atoms with van der Waals surface area (Å²) < 4.78 is 6.33. The maximum atomic E-state index is 13.0. The number of rotatable bonds is 5. The Kier molecular flexibility index (Phi) is 7.53. The predicted molar refractivity (Wildman–Crippen MR) is 128 cm³/mol. The second-order valence-electron chi connectivity index (χ2n) is 8.92. The van der Waals surface area contributed by atoms with Crippen LogP contribution < -0.4 is 5.32 Å². The number of hydrogen-bond donors (Lipinski definition) is 2. The van der Waals surface area contributed by atoms with Crippen LogP contribution in [0.4, 0.5) is 4.79 Å². The van der Waals surface area contributed by atoms with E-state index in [1.807, 2.05) is 12.1 Å². The topological polar surface area (TPSA) is 78.9 Å². The summed E-state index contributed by atoms with van der Waals surface area (Å²) in [4.78, 5) is 27.0. The third kappa shape index (κ3) is 5.82. The summed E-state index contributed by atoms with van der Waals surface area (Å²) >= 11 is 9.43. The van der Waals surface area contributed by atoms with Crippen molar-refractivity contribution in [1.29, 1.82) is 0 Å². The number of ether oxygens (including phenoxy) is 1. The molecule has 2 atom stereocenters. The quantitative estimate of drug-likeness (QED) is 0.587. The van der Waals surface area contributed by atoms with Crippen LogP contribution in [0.25, 0.3) is 0 Å². The number of carbonyl (C=O) groups is 2. The average molecular weight is 524 g/mol. The van der Waals surface area contributed by atoms with Gasteiger partial charge in [0.1, 0.15) is 17.2 Å². The molecule has 172 valence electrons. The van der Waals surface area contributed by atoms with Crippen molar-refractivity contribution in [2.24, 2.45) is 0 Å². The van der Waals surface area contributed by atoms with E-state index in [1.54, 1.807) is 57.2 Å². The van der Waals surface area contributed by atoms with Crippen LogP contribution in [0.1, 0.15) is 44.7 Å². The zero-order valence-corrected chi connectivity index (χ0v) is 20.7. The van der Waals surface area contributed by atoms with Crippen molar-refractivity contribution < 1.29 is 19.4 Å². The van der Waals surface area contributed by atoms with Gasteiger partial charge in [0.05, 0.1) is 6.54 Å². The van der Waals surface area contributed by atoms with Crippen molar-refractivity contribution in [2.75, 3.05) is 13.1 Å². The van der Waals surface area contributed by atoms with Gasteiger partial charge in [-0.2, -0.15) is 0 Å². The Bertz CT molecular complexity index is 912. The fourth-order valence-electron chi connectivity index (χ4n) is 3.73. The van der Waals surface area contributed by atoms with Crippen LogP contribution in [-0.4, -0.2) is 46.7 Å². The maximum absolute atomic E-state index is 13.0. The molecule has 6 nitrogen and oxygen atoms in total. The van der Waals surface area contributed by atoms with Crippen molar-refractivity contribution >= 4 is 39.5 Å². The minimum atomic E-state index is -1.48. The Balaban J connectivity index is 1.80. The summed E-state index contributed by atoms with van der Waals surface area (Å²) in [5.74, 6) is -0.321. The molecule has 32 heavy (non-hydrogen) atoms. The van der Waals surface area contributed by atoms with Crippen molar-refractivity contribution in [2.45, 2.75) is 50.9 Å². The lowest BCUT2D eigenvalue weighted by atomic mass is 9.86. The van der Waals surface area contributed by atoms with Crippen LogP contribution in [0.3, 0.4) is 0 Å². The average Bonchev–Trinajstić information content (AvgIpc) is 3.22. The highest BCUT2D eigenvalue weighted by molar-refractivity contribution is 9.10. The molecule has 0 spiro atoms. The smallest absolute Gasteiger partial charge is 0.410 e. The molecule has 2 aromatic carbocycles. The third-order valence-electron chi connectivity index (χ3n) is 5.35. The molecule has 1 fully saturated rings. The van der Waals surface area contributed by atoms with E-state index in [4.69, 9.17) is 16.3 Å². The molecular weight excluding hydrogens is 496 g/mol. The molecule has 1 unspecified atom stereocenters. The van der Waals surface area contributed by atoms with E-state index < -0.39 is 23.3 Å². The molecule has 0 bridgehead atoms. The van der Waals surface area contributed by atoms with Gasteiger partial charge in [0, 0.05) is 16.0 Å². The molecule has 0 saturated carbocycles. The maximum Gasteiger partial charge on any atom is 0.410 e. The van der Waals surface area contributed by atoms with Crippen LogP contribution in [0.5, 0.6) is 0 Å². The molecule has 2 amide bonds. The molecule has 0 radical (unpaired) electrons. The highest BCUT2D eigenvalue weighted by atomic mass is 79.9. The van der Waals surface area contributed by atoms with E-state index in [2.05, 4.69) is 21.2 Å². The van der Waals surface area contributed by atoms with E-state index in [1.165, 1.54) is 4.90 Å². The second-order valence-corrected chi connectivity index (χ2v) is 10.3. The number of aliphatic hydroxyl groups is 1. The van der Waals surface area contributed by atoms with Crippen LogP contribution in [-0.2, 0) is 15.1 Å². The summed E-state index contributed by atoms with van der Waals surface area (Å²) in [7, 11) is 0. The number of nitrogens with zero attached hydrogens (tertiary/aromatic N) is 1. The molecule has 0 aromatic heterocycles. The number of likely N-dealkylation sites (tertiary alicyclic amines) is 1. The number of nitrogens with one attached hydrogen (secondary N) is 1. The van der Waals surface area contributed by atoms with Gasteiger partial charge < -0.3 is 15.2 Å². The Labute approximate surface area is 202 Å². The molecule has 1 aliphatic heterocycles. The summed E-state index contributed by atoms with van der Waals surface area (Å²) in [5, 5.41) is 15.1. The fourth-order valence-corrected chi connectivity index (χ4v) is 4.12. The lowest BCUT2D eigenvalue weighted by Crippen LogP contribution is -2.50. The normalized spacial score (nSPS) is 18.2. The number of halogens is 2. The second kappa shape index (κ2) is 9.81. The Hall–Kier alpha value is -2.09. The lowest BCUT2D eigenvalue weighted by molar-refractivity contribution is -0.126. The zero-order valence-electron chi connectivity index (χ0n) is 18.4. The first-order valence-electron chi connectivity index (χ1n) is 10.5. The Morgan fingerprint density at radius 2 is 1.69 bits per heavy atom. The number of benzene rings is 2. The zero-order chi connectivity index (χ0) is 23.5. The molecule has 2 aromatic rings. The Morgan fingerprint density at radius 1 is 1.12 bits per heavy atom. The van der Waals surface area contributed by atoms with Crippen molar-refractivity contribution in [3.8, 4) is 0 Å². The molecule has 1 saturated heterocycles. The van der Waals surface area contributed by atoms with E-state index in [9.17, 15) is 14.7 Å². The number of carbonyl (C=O) groups excluding carboxylic acids is 2. The minimum Gasteiger partial charge on any atom is -0.444 e. The fraction of sp³-hybridized carbons (Fsp3) is 0.417. The number of hydrogen-bond acceptors (Lipinski definition) is 4. The molecule has 1 heterocycles. The van der Waals surface area contributed by atoms with Gasteiger partial charge in [-0.1, -0.05) is 51.8 Å². The first-order chi connectivity index (χ1) is 15.0. The van der Waals surface area contributed by atoms with Gasteiger partial charge in [0.15, 0.2) is 0 Å². The summed E-state index contributed by atoms with van der Waals surface area (Å²) in [5.41, 5.74) is -0.897. The van der Waals surface area contributed by atoms with Gasteiger partial charge in [-0.05, 0) is 69.0 Å². The SMILES string of the molecule is CC(C)(C)OC(=O)N1CCC[C@H]1C(=O)NCC(O)(c1ccc(Cl)cc1)c1ccc(Br)cc1. The number of amides is 2. The van der Waals surface area contributed by atoms with E-state index >= 15 is 0 Å². The first-order valence-corrected chi connectivity index (χ1v) is 11.7. The van der Waals surface area contributed by atoms with Gasteiger partial charge in [-0.15, -0.1) is 0 Å². The standard InChI is InChI=1S/C24H28BrClN2O4/c1-23(2,3)32-22(30)28-14-4-5-20(28)21(29)27-15-24(31,16-6-10-18(25)11-7-16)17-8-12-19(26)13-9-17/h6-13,20,31H,4-5,14-15H2,1-3H3,(H,27,29)/t20-,24?/m0/s1. The van der Waals surface area contributed by atoms with E-state index in [0.717, 1.165) is 4.47 Å². The molecule has 2 N–H and O–H groups in total. The van der Waals surface area contributed by atoms with E-state index in [0.29, 0.717) is 35.5 Å². The monoisotopic (exact) mass is 522 g/mol. The third-order valence-corrected chi connectivity index (χ3v) is 6.13. The van der Waals surface area contributed by atoms with Crippen LogP contribution in [0.2, 0.25) is 5.02 Å². The Morgan fingerprint density at radius 3 is 2.25 bits per heavy atom. The summed E-state index contributed by atoms with van der Waals surface area (Å²) in [6.07, 6.45) is 0.754. The highest BCUT2D eigenvalue weighted by Gasteiger charge is 2.38. The van der Waals surface area contributed by atoms with Gasteiger partial charge in [0.25, 0.3) is 0 Å². The molecule has 3 rings (SSSR count).